The van der Waals surface area contributed by atoms with Crippen LogP contribution in [0.15, 0.2) is 34.9 Å². The van der Waals surface area contributed by atoms with Gasteiger partial charge in [-0.05, 0) is 23.5 Å². The van der Waals surface area contributed by atoms with E-state index in [1.165, 1.54) is 11.1 Å². The van der Waals surface area contributed by atoms with Crippen molar-refractivity contribution in [3.05, 3.63) is 58.5 Å². The molecule has 0 aliphatic carbocycles. The lowest BCUT2D eigenvalue weighted by molar-refractivity contribution is 0.0873. The smallest absolute Gasteiger partial charge is 0.287 e. The highest BCUT2D eigenvalue weighted by Gasteiger charge is 2.28. The van der Waals surface area contributed by atoms with Crippen LogP contribution in [0.2, 0.25) is 0 Å². The summed E-state index contributed by atoms with van der Waals surface area (Å²) in [5, 5.41) is 3.12. The summed E-state index contributed by atoms with van der Waals surface area (Å²) in [7, 11) is 0. The van der Waals surface area contributed by atoms with E-state index in [2.05, 4.69) is 48.3 Å². The van der Waals surface area contributed by atoms with Gasteiger partial charge in [-0.25, -0.2) is 0 Å². The summed E-state index contributed by atoms with van der Waals surface area (Å²) in [5.41, 5.74) is 4.86. The minimum Gasteiger partial charge on any atom is -0.459 e. The molecule has 0 fully saturated rings. The second-order valence-electron chi connectivity index (χ2n) is 7.88. The minimum absolute atomic E-state index is 0.110. The highest BCUT2D eigenvalue weighted by atomic mass is 16.5. The second-order valence-corrected chi connectivity index (χ2v) is 7.88. The summed E-state index contributed by atoms with van der Waals surface area (Å²) in [5.74, 6) is 0.801. The average molecular weight is 368 g/mol. The second kappa shape index (κ2) is 7.87. The van der Waals surface area contributed by atoms with Crippen LogP contribution < -0.4 is 5.32 Å². The normalized spacial score (nSPS) is 18.0. The Morgan fingerprint density at radius 1 is 1.19 bits per heavy atom. The molecular weight excluding hydrogens is 340 g/mol. The molecule has 0 saturated heterocycles. The van der Waals surface area contributed by atoms with Crippen molar-refractivity contribution in [3.63, 3.8) is 0 Å². The maximum absolute atomic E-state index is 12.7. The molecule has 2 aliphatic heterocycles. The fourth-order valence-corrected chi connectivity index (χ4v) is 4.22. The van der Waals surface area contributed by atoms with Crippen molar-refractivity contribution in [1.29, 1.82) is 0 Å². The van der Waals surface area contributed by atoms with Gasteiger partial charge in [-0.3, -0.25) is 9.69 Å². The van der Waals surface area contributed by atoms with Crippen LogP contribution in [0.1, 0.15) is 46.7 Å². The van der Waals surface area contributed by atoms with Gasteiger partial charge in [0.05, 0.1) is 19.5 Å². The van der Waals surface area contributed by atoms with Crippen molar-refractivity contribution >= 4 is 5.91 Å². The zero-order valence-electron chi connectivity index (χ0n) is 16.2. The molecule has 0 saturated carbocycles. The van der Waals surface area contributed by atoms with Gasteiger partial charge in [0.2, 0.25) is 0 Å². The van der Waals surface area contributed by atoms with Crippen molar-refractivity contribution in [2.45, 2.75) is 45.9 Å². The zero-order chi connectivity index (χ0) is 18.8. The number of benzene rings is 1. The van der Waals surface area contributed by atoms with E-state index < -0.39 is 0 Å². The van der Waals surface area contributed by atoms with Gasteiger partial charge >= 0.3 is 0 Å². The molecule has 144 valence electrons. The first-order valence-corrected chi connectivity index (χ1v) is 9.89. The molecule has 5 heteroatoms. The van der Waals surface area contributed by atoms with Crippen molar-refractivity contribution in [2.75, 3.05) is 19.7 Å². The fraction of sp³-hybridized carbons (Fsp3) is 0.500. The molecule has 1 aromatic heterocycles. The first-order valence-electron chi connectivity index (χ1n) is 9.89. The number of hydrogen-bond acceptors (Lipinski definition) is 4. The van der Waals surface area contributed by atoms with E-state index in [0.29, 0.717) is 37.5 Å². The van der Waals surface area contributed by atoms with E-state index in [1.807, 2.05) is 0 Å². The molecule has 1 amide bonds. The predicted molar refractivity (Wildman–Crippen MR) is 104 cm³/mol. The van der Waals surface area contributed by atoms with E-state index in [4.69, 9.17) is 9.15 Å². The number of nitrogens with one attached hydrogen (secondary N) is 1. The van der Waals surface area contributed by atoms with Gasteiger partial charge in [0.25, 0.3) is 5.91 Å². The number of amides is 1. The maximum Gasteiger partial charge on any atom is 0.287 e. The summed E-state index contributed by atoms with van der Waals surface area (Å²) < 4.78 is 11.0. The van der Waals surface area contributed by atoms with Gasteiger partial charge in [0, 0.05) is 43.2 Å². The van der Waals surface area contributed by atoms with Crippen LogP contribution in [-0.4, -0.2) is 36.5 Å². The third kappa shape index (κ3) is 3.80. The Kier molecular flexibility index (Phi) is 5.32. The first kappa shape index (κ1) is 18.3. The Balaban J connectivity index is 1.42. The number of ether oxygens (including phenoxy) is 1. The molecule has 2 aliphatic rings. The van der Waals surface area contributed by atoms with Crippen LogP contribution in [0.5, 0.6) is 0 Å². The van der Waals surface area contributed by atoms with E-state index in [0.717, 1.165) is 37.1 Å². The highest BCUT2D eigenvalue weighted by Crippen LogP contribution is 2.24. The molecule has 0 radical (unpaired) electrons. The molecule has 27 heavy (non-hydrogen) atoms. The van der Waals surface area contributed by atoms with Crippen LogP contribution >= 0.6 is 0 Å². The molecule has 0 spiro atoms. The third-order valence-corrected chi connectivity index (χ3v) is 5.81. The topological polar surface area (TPSA) is 54.7 Å². The molecule has 5 nitrogen and oxygen atoms in total. The lowest BCUT2D eigenvalue weighted by Crippen LogP contribution is -2.48. The molecule has 4 rings (SSSR count). The maximum atomic E-state index is 12.7. The van der Waals surface area contributed by atoms with Gasteiger partial charge in [0.15, 0.2) is 5.76 Å². The quantitative estimate of drug-likeness (QED) is 0.881. The van der Waals surface area contributed by atoms with E-state index in [9.17, 15) is 4.79 Å². The number of rotatable bonds is 5. The lowest BCUT2D eigenvalue weighted by Gasteiger charge is -2.38. The van der Waals surface area contributed by atoms with Crippen LogP contribution in [-0.2, 0) is 30.7 Å². The van der Waals surface area contributed by atoms with Crippen molar-refractivity contribution in [3.8, 4) is 0 Å². The van der Waals surface area contributed by atoms with Crippen molar-refractivity contribution in [1.82, 2.24) is 10.2 Å². The largest absolute Gasteiger partial charge is 0.459 e. The highest BCUT2D eigenvalue weighted by molar-refractivity contribution is 5.93. The first-order chi connectivity index (χ1) is 13.1. The molecule has 2 aromatic rings. The Bertz CT molecular complexity index is 812. The molecule has 3 heterocycles. The number of carbonyl (C=O) groups is 1. The van der Waals surface area contributed by atoms with Crippen molar-refractivity contribution < 1.29 is 13.9 Å². The summed E-state index contributed by atoms with van der Waals surface area (Å²) in [6.07, 6.45) is 3.47. The average Bonchev–Trinajstić information content (AvgIpc) is 3.12. The predicted octanol–water partition coefficient (Wildman–Crippen LogP) is 3.17. The van der Waals surface area contributed by atoms with Crippen molar-refractivity contribution in [2.24, 2.45) is 5.92 Å². The zero-order valence-corrected chi connectivity index (χ0v) is 16.2. The van der Waals surface area contributed by atoms with Gasteiger partial charge in [-0.1, -0.05) is 38.1 Å². The minimum atomic E-state index is -0.110. The van der Waals surface area contributed by atoms with Crippen LogP contribution in [0.4, 0.5) is 0 Å². The Hall–Kier alpha value is -2.11. The van der Waals surface area contributed by atoms with Crippen LogP contribution in [0.3, 0.4) is 0 Å². The summed E-state index contributed by atoms with van der Waals surface area (Å²) >= 11 is 0. The summed E-state index contributed by atoms with van der Waals surface area (Å²) in [6.45, 7) is 8.24. The van der Waals surface area contributed by atoms with E-state index >= 15 is 0 Å². The number of hydrogen-bond donors (Lipinski definition) is 1. The van der Waals surface area contributed by atoms with Gasteiger partial charge in [-0.15, -0.1) is 0 Å². The summed E-state index contributed by atoms with van der Waals surface area (Å²) in [6, 6.07) is 8.97. The fourth-order valence-electron chi connectivity index (χ4n) is 4.22. The number of nitrogens with zero attached hydrogens (tertiary/aromatic N) is 1. The van der Waals surface area contributed by atoms with Gasteiger partial charge < -0.3 is 14.5 Å². The number of carbonyl (C=O) groups excluding carboxylic acids is 1. The Labute approximate surface area is 160 Å². The SMILES string of the molecule is CC(C)C(CNC(=O)c1occ2c1CCOC2)N1CCc2ccccc2C1. The standard InChI is InChI=1S/C22H28N2O3/c1-15(2)20(24-9-7-16-5-3-4-6-17(16)12-24)11-23-22(25)21-19-8-10-26-13-18(19)14-27-21/h3-6,14-15,20H,7-13H2,1-2H3,(H,23,25). The Morgan fingerprint density at radius 3 is 2.81 bits per heavy atom. The van der Waals surface area contributed by atoms with Crippen LogP contribution in [0, 0.1) is 5.92 Å². The Morgan fingerprint density at radius 2 is 2.00 bits per heavy atom. The van der Waals surface area contributed by atoms with Gasteiger partial charge in [0.1, 0.15) is 0 Å². The lowest BCUT2D eigenvalue weighted by atomic mass is 9.95. The van der Waals surface area contributed by atoms with E-state index in [1.54, 1.807) is 6.26 Å². The number of furan rings is 1. The molecule has 1 N–H and O–H groups in total. The molecular formula is C22H28N2O3. The third-order valence-electron chi connectivity index (χ3n) is 5.81. The van der Waals surface area contributed by atoms with E-state index in [-0.39, 0.29) is 5.91 Å². The molecule has 1 atom stereocenters. The number of fused-ring (bicyclic) bond motifs is 2. The molecule has 1 aromatic carbocycles. The monoisotopic (exact) mass is 368 g/mol. The van der Waals surface area contributed by atoms with Crippen LogP contribution in [0.25, 0.3) is 0 Å². The summed E-state index contributed by atoms with van der Waals surface area (Å²) in [4.78, 5) is 15.2. The van der Waals surface area contributed by atoms with Gasteiger partial charge in [-0.2, -0.15) is 0 Å². The molecule has 0 bridgehead atoms. The molecule has 1 unspecified atom stereocenters.